The van der Waals surface area contributed by atoms with Crippen molar-refractivity contribution >= 4 is 29.9 Å². The Kier molecular flexibility index (Phi) is 11.9. The minimum absolute atomic E-state index is 0.0000748. The molecule has 0 aliphatic carbocycles. The van der Waals surface area contributed by atoms with Crippen LogP contribution in [0.4, 0.5) is 4.79 Å². The Bertz CT molecular complexity index is 815. The van der Waals surface area contributed by atoms with E-state index in [9.17, 15) is 34.2 Å². The third-order valence-electron chi connectivity index (χ3n) is 4.25. The second kappa shape index (κ2) is 14.4. The van der Waals surface area contributed by atoms with Gasteiger partial charge in [-0.15, -0.1) is 0 Å². The minimum atomic E-state index is -1.89. The maximum absolute atomic E-state index is 12.5. The number of aliphatic carboxylic acids is 1. The lowest BCUT2D eigenvalue weighted by molar-refractivity contribution is -0.160. The van der Waals surface area contributed by atoms with Crippen LogP contribution >= 0.6 is 0 Å². The quantitative estimate of drug-likeness (QED) is 0.227. The highest BCUT2D eigenvalue weighted by atomic mass is 16.6. The van der Waals surface area contributed by atoms with Crippen LogP contribution in [-0.4, -0.2) is 72.0 Å². The van der Waals surface area contributed by atoms with Gasteiger partial charge >= 0.3 is 24.0 Å². The standard InChI is InChI=1S/C21H28N2O10/c1-3-31-16(25)10-14(20(29)32-4-2)17(19(27)28)23-18(26)15(11-24)22-21(30)33-12-13-8-6-5-7-9-13/h5-9,14-15,17,24H,3-4,10-12H2,1-2H3,(H,22,30)(H,23,26)(H,27,28)/t14-,15-,17+/m0/s1. The maximum atomic E-state index is 12.5. The highest BCUT2D eigenvalue weighted by molar-refractivity contribution is 5.93. The van der Waals surface area contributed by atoms with Crippen molar-refractivity contribution in [3.05, 3.63) is 35.9 Å². The molecule has 4 N–H and O–H groups in total. The average molecular weight is 468 g/mol. The first-order chi connectivity index (χ1) is 15.7. The molecule has 0 fully saturated rings. The molecule has 0 saturated heterocycles. The molecule has 0 spiro atoms. The largest absolute Gasteiger partial charge is 0.480 e. The average Bonchev–Trinajstić information content (AvgIpc) is 2.79. The summed E-state index contributed by atoms with van der Waals surface area (Å²) in [6.45, 7) is 1.93. The molecule has 0 heterocycles. The van der Waals surface area contributed by atoms with Crippen molar-refractivity contribution in [3.8, 4) is 0 Å². The molecular weight excluding hydrogens is 440 g/mol. The van der Waals surface area contributed by atoms with Crippen molar-refractivity contribution in [2.24, 2.45) is 5.92 Å². The molecule has 1 aromatic rings. The van der Waals surface area contributed by atoms with Gasteiger partial charge in [-0.25, -0.2) is 9.59 Å². The van der Waals surface area contributed by atoms with E-state index in [-0.39, 0.29) is 19.8 Å². The normalized spacial score (nSPS) is 13.1. The number of aliphatic hydroxyl groups is 1. The molecule has 0 bridgehead atoms. The number of carbonyl (C=O) groups excluding carboxylic acids is 4. The minimum Gasteiger partial charge on any atom is -0.480 e. The number of aliphatic hydroxyl groups excluding tert-OH is 1. The van der Waals surface area contributed by atoms with Gasteiger partial charge in [0.1, 0.15) is 18.7 Å². The summed E-state index contributed by atoms with van der Waals surface area (Å²) in [5.41, 5.74) is 0.680. The van der Waals surface area contributed by atoms with Crippen LogP contribution in [0.1, 0.15) is 25.8 Å². The van der Waals surface area contributed by atoms with Crippen molar-refractivity contribution in [1.82, 2.24) is 10.6 Å². The Labute approximate surface area is 190 Å². The Balaban J connectivity index is 2.86. The van der Waals surface area contributed by atoms with Gasteiger partial charge in [-0.1, -0.05) is 30.3 Å². The van der Waals surface area contributed by atoms with Gasteiger partial charge in [0.25, 0.3) is 0 Å². The number of carbonyl (C=O) groups is 5. The molecule has 182 valence electrons. The number of amides is 2. The summed E-state index contributed by atoms with van der Waals surface area (Å²) >= 11 is 0. The van der Waals surface area contributed by atoms with Crippen LogP contribution < -0.4 is 10.6 Å². The second-order valence-corrected chi connectivity index (χ2v) is 6.63. The molecule has 33 heavy (non-hydrogen) atoms. The van der Waals surface area contributed by atoms with Crippen molar-refractivity contribution in [1.29, 1.82) is 0 Å². The monoisotopic (exact) mass is 468 g/mol. The summed E-state index contributed by atoms with van der Waals surface area (Å²) in [6.07, 6.45) is -1.70. The first kappa shape index (κ1) is 27.4. The van der Waals surface area contributed by atoms with Gasteiger partial charge in [-0.05, 0) is 19.4 Å². The maximum Gasteiger partial charge on any atom is 0.408 e. The topological polar surface area (TPSA) is 178 Å². The van der Waals surface area contributed by atoms with Crippen LogP contribution in [-0.2, 0) is 40.0 Å². The fraction of sp³-hybridized carbons (Fsp3) is 0.476. The molecule has 0 aliphatic rings. The fourth-order valence-corrected chi connectivity index (χ4v) is 2.68. The molecule has 0 aliphatic heterocycles. The van der Waals surface area contributed by atoms with Crippen LogP contribution in [0, 0.1) is 5.92 Å². The van der Waals surface area contributed by atoms with E-state index in [0.717, 1.165) is 0 Å². The van der Waals surface area contributed by atoms with Crippen LogP contribution in [0.3, 0.4) is 0 Å². The number of benzene rings is 1. The zero-order chi connectivity index (χ0) is 24.8. The van der Waals surface area contributed by atoms with Crippen LogP contribution in [0.25, 0.3) is 0 Å². The molecule has 0 saturated carbocycles. The van der Waals surface area contributed by atoms with E-state index < -0.39 is 60.9 Å². The third kappa shape index (κ3) is 9.56. The lowest BCUT2D eigenvalue weighted by atomic mass is 9.95. The predicted octanol–water partition coefficient (Wildman–Crippen LogP) is -0.0244. The number of hydrogen-bond donors (Lipinski definition) is 4. The van der Waals surface area contributed by atoms with Crippen molar-refractivity contribution in [2.45, 2.75) is 39.0 Å². The van der Waals surface area contributed by atoms with Crippen molar-refractivity contribution in [3.63, 3.8) is 0 Å². The summed E-state index contributed by atoms with van der Waals surface area (Å²) < 4.78 is 14.5. The Morgan fingerprint density at radius 2 is 1.58 bits per heavy atom. The molecule has 12 nitrogen and oxygen atoms in total. The number of carboxylic acids is 1. The third-order valence-corrected chi connectivity index (χ3v) is 4.25. The number of rotatable bonds is 13. The second-order valence-electron chi connectivity index (χ2n) is 6.63. The van der Waals surface area contributed by atoms with E-state index in [1.54, 1.807) is 30.3 Å². The van der Waals surface area contributed by atoms with Crippen LogP contribution in [0.5, 0.6) is 0 Å². The van der Waals surface area contributed by atoms with E-state index >= 15 is 0 Å². The van der Waals surface area contributed by atoms with E-state index in [1.165, 1.54) is 13.8 Å². The molecule has 0 unspecified atom stereocenters. The molecule has 1 rings (SSSR count). The van der Waals surface area contributed by atoms with Gasteiger partial charge in [0.15, 0.2) is 0 Å². The SMILES string of the molecule is CCOC(=O)C[C@H](C(=O)OCC)[C@@H](NC(=O)[C@H](CO)NC(=O)OCc1ccccc1)C(=O)O. The molecule has 1 aromatic carbocycles. The molecule has 2 amide bonds. The first-order valence-corrected chi connectivity index (χ1v) is 10.2. The molecule has 12 heteroatoms. The highest BCUT2D eigenvalue weighted by Crippen LogP contribution is 2.14. The number of nitrogens with one attached hydrogen (secondary N) is 2. The van der Waals surface area contributed by atoms with Crippen molar-refractivity contribution in [2.75, 3.05) is 19.8 Å². The predicted molar refractivity (Wildman–Crippen MR) is 112 cm³/mol. The van der Waals surface area contributed by atoms with Gasteiger partial charge in [0, 0.05) is 0 Å². The summed E-state index contributed by atoms with van der Waals surface area (Å²) in [5, 5.41) is 23.2. The Morgan fingerprint density at radius 1 is 0.939 bits per heavy atom. The lowest BCUT2D eigenvalue weighted by Gasteiger charge is -2.25. The Morgan fingerprint density at radius 3 is 2.12 bits per heavy atom. The summed E-state index contributed by atoms with van der Waals surface area (Å²) in [4.78, 5) is 60.4. The van der Waals surface area contributed by atoms with E-state index in [2.05, 4.69) is 10.6 Å². The highest BCUT2D eigenvalue weighted by Gasteiger charge is 2.39. The smallest absolute Gasteiger partial charge is 0.408 e. The van der Waals surface area contributed by atoms with Gasteiger partial charge in [0.2, 0.25) is 5.91 Å². The lowest BCUT2D eigenvalue weighted by Crippen LogP contribution is -2.56. The van der Waals surface area contributed by atoms with Crippen LogP contribution in [0.2, 0.25) is 0 Å². The molecular formula is C21H28N2O10. The molecule has 0 radical (unpaired) electrons. The van der Waals surface area contributed by atoms with Gasteiger partial charge in [0.05, 0.1) is 32.2 Å². The number of carboxylic acid groups (broad SMARTS) is 1. The van der Waals surface area contributed by atoms with Crippen LogP contribution in [0.15, 0.2) is 30.3 Å². The van der Waals surface area contributed by atoms with Gasteiger partial charge in [-0.2, -0.15) is 0 Å². The number of alkyl carbamates (subject to hydrolysis) is 1. The summed E-state index contributed by atoms with van der Waals surface area (Å²) in [6, 6.07) is 5.20. The van der Waals surface area contributed by atoms with E-state index in [1.807, 2.05) is 0 Å². The fourth-order valence-electron chi connectivity index (χ4n) is 2.68. The zero-order valence-electron chi connectivity index (χ0n) is 18.3. The summed E-state index contributed by atoms with van der Waals surface area (Å²) in [7, 11) is 0. The molecule has 0 aromatic heterocycles. The summed E-state index contributed by atoms with van der Waals surface area (Å²) in [5.74, 6) is -6.24. The first-order valence-electron chi connectivity index (χ1n) is 10.2. The number of esters is 2. The molecule has 3 atom stereocenters. The Hall–Kier alpha value is -3.67. The number of ether oxygens (including phenoxy) is 3. The van der Waals surface area contributed by atoms with Gasteiger partial charge in [-0.3, -0.25) is 14.4 Å². The number of hydrogen-bond acceptors (Lipinski definition) is 9. The van der Waals surface area contributed by atoms with Crippen molar-refractivity contribution < 1.29 is 48.4 Å². The van der Waals surface area contributed by atoms with E-state index in [4.69, 9.17) is 14.2 Å². The zero-order valence-corrected chi connectivity index (χ0v) is 18.3. The van der Waals surface area contributed by atoms with Gasteiger partial charge < -0.3 is 35.1 Å². The van der Waals surface area contributed by atoms with E-state index in [0.29, 0.717) is 5.56 Å².